The van der Waals surface area contributed by atoms with Crippen LogP contribution in [0.1, 0.15) is 45.4 Å². The largest absolute Gasteiger partial charge is 0.381 e. The molecule has 2 saturated heterocycles. The highest BCUT2D eigenvalue weighted by Gasteiger charge is 2.44. The molecule has 1 saturated carbocycles. The molecule has 0 bridgehead atoms. The van der Waals surface area contributed by atoms with E-state index in [0.29, 0.717) is 6.04 Å². The third-order valence-corrected chi connectivity index (χ3v) is 5.23. The normalized spacial score (nSPS) is 45.5. The molecule has 18 heavy (non-hydrogen) atoms. The van der Waals surface area contributed by atoms with Gasteiger partial charge >= 0.3 is 0 Å². The second-order valence-electron chi connectivity index (χ2n) is 6.57. The molecule has 3 nitrogen and oxygen atoms in total. The Labute approximate surface area is 111 Å². The summed E-state index contributed by atoms with van der Waals surface area (Å²) in [5, 5.41) is 3.74. The fourth-order valence-electron chi connectivity index (χ4n) is 3.92. The van der Waals surface area contributed by atoms with Gasteiger partial charge in [0.2, 0.25) is 0 Å². The molecule has 0 aromatic rings. The van der Waals surface area contributed by atoms with Gasteiger partial charge in [-0.2, -0.15) is 0 Å². The summed E-state index contributed by atoms with van der Waals surface area (Å²) in [6.45, 7) is 6.22. The Bertz CT molecular complexity index is 268. The summed E-state index contributed by atoms with van der Waals surface area (Å²) in [4.78, 5) is 0. The lowest BCUT2D eigenvalue weighted by Crippen LogP contribution is -2.59. The van der Waals surface area contributed by atoms with E-state index < -0.39 is 0 Å². The van der Waals surface area contributed by atoms with Gasteiger partial charge in [0.15, 0.2) is 0 Å². The Morgan fingerprint density at radius 3 is 2.72 bits per heavy atom. The van der Waals surface area contributed by atoms with Crippen LogP contribution in [0, 0.1) is 11.8 Å². The minimum Gasteiger partial charge on any atom is -0.381 e. The molecule has 1 aliphatic carbocycles. The zero-order chi connectivity index (χ0) is 12.4. The smallest absolute Gasteiger partial charge is 0.0835 e. The lowest BCUT2D eigenvalue weighted by Gasteiger charge is -2.48. The van der Waals surface area contributed by atoms with E-state index in [2.05, 4.69) is 12.2 Å². The first-order chi connectivity index (χ1) is 8.78. The molecule has 0 aromatic heterocycles. The summed E-state index contributed by atoms with van der Waals surface area (Å²) < 4.78 is 11.8. The highest BCUT2D eigenvalue weighted by Crippen LogP contribution is 2.40. The Hall–Kier alpha value is -0.120. The van der Waals surface area contributed by atoms with Crippen molar-refractivity contribution in [3.63, 3.8) is 0 Å². The second kappa shape index (κ2) is 5.48. The summed E-state index contributed by atoms with van der Waals surface area (Å²) in [6.07, 6.45) is 7.65. The molecule has 3 aliphatic rings. The van der Waals surface area contributed by atoms with Gasteiger partial charge in [-0.25, -0.2) is 0 Å². The summed E-state index contributed by atoms with van der Waals surface area (Å²) in [7, 11) is 0. The number of ether oxygens (including phenoxy) is 2. The van der Waals surface area contributed by atoms with Gasteiger partial charge in [0.25, 0.3) is 0 Å². The molecule has 1 spiro atoms. The van der Waals surface area contributed by atoms with E-state index in [1.807, 2.05) is 0 Å². The van der Waals surface area contributed by atoms with E-state index in [1.54, 1.807) is 0 Å². The lowest BCUT2D eigenvalue weighted by molar-refractivity contribution is -0.127. The van der Waals surface area contributed by atoms with E-state index >= 15 is 0 Å². The minimum atomic E-state index is 0.146. The van der Waals surface area contributed by atoms with E-state index in [4.69, 9.17) is 9.47 Å². The Morgan fingerprint density at radius 2 is 2.00 bits per heavy atom. The van der Waals surface area contributed by atoms with E-state index in [1.165, 1.54) is 38.5 Å². The minimum absolute atomic E-state index is 0.146. The van der Waals surface area contributed by atoms with Crippen LogP contribution < -0.4 is 5.32 Å². The van der Waals surface area contributed by atoms with Gasteiger partial charge in [0, 0.05) is 25.8 Å². The zero-order valence-corrected chi connectivity index (χ0v) is 11.6. The van der Waals surface area contributed by atoms with E-state index in [0.717, 1.165) is 38.2 Å². The Morgan fingerprint density at radius 1 is 1.17 bits per heavy atom. The molecule has 0 aromatic carbocycles. The van der Waals surface area contributed by atoms with Crippen LogP contribution in [0.25, 0.3) is 0 Å². The molecule has 3 heteroatoms. The average Bonchev–Trinajstić information content (AvgIpc) is 2.89. The van der Waals surface area contributed by atoms with Gasteiger partial charge < -0.3 is 14.8 Å². The maximum Gasteiger partial charge on any atom is 0.0835 e. The summed E-state index contributed by atoms with van der Waals surface area (Å²) >= 11 is 0. The standard InChI is InChI=1S/C15H27NO2/c1-12-2-5-15(6-3-12)14(16-7-9-18-15)10-13-4-8-17-11-13/h12-14,16H,2-11H2,1H3. The SMILES string of the molecule is CC1CCC2(CC1)OCCNC2CC1CCOC1. The van der Waals surface area contributed by atoms with E-state index in [-0.39, 0.29) is 5.60 Å². The van der Waals surface area contributed by atoms with Crippen LogP contribution in [0.4, 0.5) is 0 Å². The maximum atomic E-state index is 6.27. The number of hydrogen-bond acceptors (Lipinski definition) is 3. The van der Waals surface area contributed by atoms with Gasteiger partial charge in [0.05, 0.1) is 12.2 Å². The highest BCUT2D eigenvalue weighted by atomic mass is 16.5. The molecule has 3 fully saturated rings. The monoisotopic (exact) mass is 253 g/mol. The van der Waals surface area contributed by atoms with Gasteiger partial charge in [-0.15, -0.1) is 0 Å². The molecule has 3 rings (SSSR count). The molecule has 104 valence electrons. The van der Waals surface area contributed by atoms with Gasteiger partial charge in [-0.3, -0.25) is 0 Å². The number of nitrogens with one attached hydrogen (secondary N) is 1. The molecular weight excluding hydrogens is 226 g/mol. The molecular formula is C15H27NO2. The first-order valence-electron chi connectivity index (χ1n) is 7.74. The number of morpholine rings is 1. The molecule has 2 atom stereocenters. The van der Waals surface area contributed by atoms with Crippen LogP contribution in [0.3, 0.4) is 0 Å². The van der Waals surface area contributed by atoms with Crippen molar-refractivity contribution in [1.29, 1.82) is 0 Å². The molecule has 2 heterocycles. The molecule has 2 unspecified atom stereocenters. The van der Waals surface area contributed by atoms with Crippen LogP contribution >= 0.6 is 0 Å². The zero-order valence-electron chi connectivity index (χ0n) is 11.6. The predicted molar refractivity (Wildman–Crippen MR) is 71.6 cm³/mol. The van der Waals surface area contributed by atoms with Crippen molar-refractivity contribution in [2.75, 3.05) is 26.4 Å². The summed E-state index contributed by atoms with van der Waals surface area (Å²) in [6, 6.07) is 0.561. The molecule has 1 N–H and O–H groups in total. The van der Waals surface area contributed by atoms with Crippen molar-refractivity contribution in [3.8, 4) is 0 Å². The van der Waals surface area contributed by atoms with E-state index in [9.17, 15) is 0 Å². The summed E-state index contributed by atoms with van der Waals surface area (Å²) in [5.41, 5.74) is 0.146. The maximum absolute atomic E-state index is 6.27. The van der Waals surface area contributed by atoms with Gasteiger partial charge in [-0.1, -0.05) is 6.92 Å². The van der Waals surface area contributed by atoms with Crippen molar-refractivity contribution >= 4 is 0 Å². The van der Waals surface area contributed by atoms with Crippen molar-refractivity contribution < 1.29 is 9.47 Å². The first kappa shape index (κ1) is 12.9. The number of hydrogen-bond donors (Lipinski definition) is 1. The van der Waals surface area contributed by atoms with Crippen molar-refractivity contribution in [2.24, 2.45) is 11.8 Å². The van der Waals surface area contributed by atoms with Crippen LogP contribution in [0.5, 0.6) is 0 Å². The van der Waals surface area contributed by atoms with Gasteiger partial charge in [0.1, 0.15) is 0 Å². The fraction of sp³-hybridized carbons (Fsp3) is 1.00. The predicted octanol–water partition coefficient (Wildman–Crippen LogP) is 2.35. The topological polar surface area (TPSA) is 30.5 Å². The van der Waals surface area contributed by atoms with Crippen molar-refractivity contribution in [1.82, 2.24) is 5.32 Å². The number of rotatable bonds is 2. The van der Waals surface area contributed by atoms with Crippen LogP contribution in [0.2, 0.25) is 0 Å². The summed E-state index contributed by atoms with van der Waals surface area (Å²) in [5.74, 6) is 1.64. The molecule has 0 radical (unpaired) electrons. The molecule has 0 amide bonds. The van der Waals surface area contributed by atoms with Crippen molar-refractivity contribution in [3.05, 3.63) is 0 Å². The van der Waals surface area contributed by atoms with Crippen molar-refractivity contribution in [2.45, 2.75) is 57.1 Å². The third-order valence-electron chi connectivity index (χ3n) is 5.23. The third kappa shape index (κ3) is 2.59. The second-order valence-corrected chi connectivity index (χ2v) is 6.57. The van der Waals surface area contributed by atoms with Gasteiger partial charge in [-0.05, 0) is 50.4 Å². The van der Waals surface area contributed by atoms with Crippen LogP contribution in [-0.4, -0.2) is 38.0 Å². The lowest BCUT2D eigenvalue weighted by atomic mass is 9.72. The fourth-order valence-corrected chi connectivity index (χ4v) is 3.92. The van der Waals surface area contributed by atoms with Crippen LogP contribution in [-0.2, 0) is 9.47 Å². The quantitative estimate of drug-likeness (QED) is 0.819. The highest BCUT2D eigenvalue weighted by molar-refractivity contribution is 4.99. The molecule has 2 aliphatic heterocycles. The van der Waals surface area contributed by atoms with Crippen LogP contribution in [0.15, 0.2) is 0 Å². The average molecular weight is 253 g/mol. The Balaban J connectivity index is 1.65. The first-order valence-corrected chi connectivity index (χ1v) is 7.74. The Kier molecular flexibility index (Phi) is 3.92.